The van der Waals surface area contributed by atoms with Crippen LogP contribution in [0.5, 0.6) is 0 Å². The molecule has 0 radical (unpaired) electrons. The third-order valence-electron chi connectivity index (χ3n) is 4.24. The number of carbonyl (C=O) groups excluding carboxylic acids is 2. The molecular weight excluding hydrogens is 384 g/mol. The molecule has 6 nitrogen and oxygen atoms in total. The van der Waals surface area contributed by atoms with Crippen LogP contribution in [0.4, 0.5) is 4.79 Å². The predicted octanol–water partition coefficient (Wildman–Crippen LogP) is 3.80. The zero-order chi connectivity index (χ0) is 20.5. The minimum Gasteiger partial charge on any atom is -0.347 e. The molecular formula is C22H24N4O2S. The number of hydrogen-bond donors (Lipinski definition) is 2. The predicted molar refractivity (Wildman–Crippen MR) is 114 cm³/mol. The monoisotopic (exact) mass is 408 g/mol. The van der Waals surface area contributed by atoms with Crippen molar-refractivity contribution in [2.45, 2.75) is 26.6 Å². The molecule has 0 aliphatic heterocycles. The van der Waals surface area contributed by atoms with Crippen LogP contribution in [0.1, 0.15) is 33.5 Å². The van der Waals surface area contributed by atoms with Gasteiger partial charge in [-0.1, -0.05) is 60.7 Å². The number of nitrogens with zero attached hydrogens (tertiary/aromatic N) is 2. The minimum absolute atomic E-state index is 0.151. The molecule has 150 valence electrons. The van der Waals surface area contributed by atoms with Gasteiger partial charge in [-0.2, -0.15) is 0 Å². The summed E-state index contributed by atoms with van der Waals surface area (Å²) in [6.07, 6.45) is 0. The van der Waals surface area contributed by atoms with E-state index in [0.29, 0.717) is 31.9 Å². The summed E-state index contributed by atoms with van der Waals surface area (Å²) >= 11 is 1.38. The van der Waals surface area contributed by atoms with Crippen molar-refractivity contribution in [2.24, 2.45) is 0 Å². The van der Waals surface area contributed by atoms with E-state index < -0.39 is 0 Å². The topological polar surface area (TPSA) is 74.3 Å². The van der Waals surface area contributed by atoms with Gasteiger partial charge in [0.2, 0.25) is 0 Å². The second kappa shape index (κ2) is 10.4. The Hall–Kier alpha value is -3.19. The molecule has 0 atom stereocenters. The molecule has 0 spiro atoms. The van der Waals surface area contributed by atoms with Gasteiger partial charge in [-0.15, -0.1) is 11.3 Å². The number of benzene rings is 2. The largest absolute Gasteiger partial charge is 0.347 e. The lowest BCUT2D eigenvalue weighted by atomic mass is 10.2. The van der Waals surface area contributed by atoms with Crippen molar-refractivity contribution in [3.8, 4) is 0 Å². The quantitative estimate of drug-likeness (QED) is 0.595. The Kier molecular flexibility index (Phi) is 7.35. The van der Waals surface area contributed by atoms with Crippen molar-refractivity contribution < 1.29 is 9.59 Å². The van der Waals surface area contributed by atoms with Gasteiger partial charge in [0.15, 0.2) is 0 Å². The molecule has 0 aliphatic carbocycles. The van der Waals surface area contributed by atoms with Crippen LogP contribution in [0, 0.1) is 0 Å². The van der Waals surface area contributed by atoms with Gasteiger partial charge < -0.3 is 15.5 Å². The van der Waals surface area contributed by atoms with E-state index in [9.17, 15) is 9.59 Å². The van der Waals surface area contributed by atoms with Crippen molar-refractivity contribution in [1.29, 1.82) is 0 Å². The molecule has 3 aromatic rings. The molecule has 0 saturated heterocycles. The number of thiazole rings is 1. The highest BCUT2D eigenvalue weighted by molar-refractivity contribution is 7.09. The van der Waals surface area contributed by atoms with Gasteiger partial charge in [-0.05, 0) is 18.1 Å². The Bertz CT molecular complexity index is 928. The van der Waals surface area contributed by atoms with E-state index in [0.717, 1.165) is 16.1 Å². The third kappa shape index (κ3) is 6.15. The summed E-state index contributed by atoms with van der Waals surface area (Å²) < 4.78 is 0. The molecule has 0 saturated carbocycles. The van der Waals surface area contributed by atoms with E-state index in [1.54, 1.807) is 10.3 Å². The zero-order valence-electron chi connectivity index (χ0n) is 16.3. The summed E-state index contributed by atoms with van der Waals surface area (Å²) in [5.41, 5.74) is 2.44. The van der Waals surface area contributed by atoms with E-state index in [-0.39, 0.29) is 11.9 Å². The molecule has 29 heavy (non-hydrogen) atoms. The Labute approximate surface area is 174 Å². The first-order valence-electron chi connectivity index (χ1n) is 9.49. The number of aromatic nitrogens is 1. The van der Waals surface area contributed by atoms with E-state index in [4.69, 9.17) is 0 Å². The van der Waals surface area contributed by atoms with Gasteiger partial charge in [0, 0.05) is 25.0 Å². The molecule has 7 heteroatoms. The molecule has 0 unspecified atom stereocenters. The van der Waals surface area contributed by atoms with Crippen molar-refractivity contribution in [2.75, 3.05) is 6.54 Å². The maximum absolute atomic E-state index is 12.5. The van der Waals surface area contributed by atoms with Crippen LogP contribution >= 0.6 is 11.3 Å². The summed E-state index contributed by atoms with van der Waals surface area (Å²) in [5, 5.41) is 8.17. The molecule has 0 aliphatic rings. The van der Waals surface area contributed by atoms with Crippen LogP contribution in [-0.4, -0.2) is 28.4 Å². The fourth-order valence-corrected chi connectivity index (χ4v) is 3.58. The summed E-state index contributed by atoms with van der Waals surface area (Å²) in [5.74, 6) is -0.219. The first-order chi connectivity index (χ1) is 14.2. The molecule has 0 fully saturated rings. The number of nitrogens with one attached hydrogen (secondary N) is 2. The maximum Gasteiger partial charge on any atom is 0.318 e. The molecule has 3 rings (SSSR count). The van der Waals surface area contributed by atoms with Crippen molar-refractivity contribution in [3.63, 3.8) is 0 Å². The highest BCUT2D eigenvalue weighted by atomic mass is 32.1. The van der Waals surface area contributed by atoms with Crippen LogP contribution in [0.15, 0.2) is 66.0 Å². The highest BCUT2D eigenvalue weighted by Crippen LogP contribution is 2.15. The fraction of sp³-hybridized carbons (Fsp3) is 0.227. The van der Waals surface area contributed by atoms with E-state index >= 15 is 0 Å². The smallest absolute Gasteiger partial charge is 0.318 e. The molecule has 1 heterocycles. The van der Waals surface area contributed by atoms with E-state index in [2.05, 4.69) is 15.6 Å². The van der Waals surface area contributed by atoms with Gasteiger partial charge >= 0.3 is 6.03 Å². The Morgan fingerprint density at radius 1 is 0.931 bits per heavy atom. The normalized spacial score (nSPS) is 10.4. The molecule has 2 aromatic carbocycles. The van der Waals surface area contributed by atoms with E-state index in [1.807, 2.05) is 67.6 Å². The summed E-state index contributed by atoms with van der Waals surface area (Å²) in [6, 6.07) is 19.4. The lowest BCUT2D eigenvalue weighted by Gasteiger charge is -2.22. The van der Waals surface area contributed by atoms with Gasteiger partial charge in [0.05, 0.1) is 6.54 Å². The SMILES string of the molecule is CCNC(=O)N(Cc1ccccc1)Cc1nc(C(=O)NCc2ccccc2)cs1. The molecule has 1 aromatic heterocycles. The van der Waals surface area contributed by atoms with Crippen molar-refractivity contribution in [3.05, 3.63) is 87.9 Å². The van der Waals surface area contributed by atoms with Crippen molar-refractivity contribution >= 4 is 23.3 Å². The van der Waals surface area contributed by atoms with Crippen LogP contribution in [-0.2, 0) is 19.6 Å². The summed E-state index contributed by atoms with van der Waals surface area (Å²) in [7, 11) is 0. The Morgan fingerprint density at radius 3 is 2.24 bits per heavy atom. The third-order valence-corrected chi connectivity index (χ3v) is 5.07. The average Bonchev–Trinajstić information content (AvgIpc) is 3.22. The number of hydrogen-bond acceptors (Lipinski definition) is 4. The lowest BCUT2D eigenvalue weighted by Crippen LogP contribution is -2.39. The first-order valence-corrected chi connectivity index (χ1v) is 10.4. The second-order valence-corrected chi connectivity index (χ2v) is 7.41. The van der Waals surface area contributed by atoms with Crippen LogP contribution in [0.2, 0.25) is 0 Å². The lowest BCUT2D eigenvalue weighted by molar-refractivity contribution is 0.0946. The highest BCUT2D eigenvalue weighted by Gasteiger charge is 2.17. The number of rotatable bonds is 8. The van der Waals surface area contributed by atoms with Gasteiger partial charge in [0.25, 0.3) is 5.91 Å². The van der Waals surface area contributed by atoms with E-state index in [1.165, 1.54) is 11.3 Å². The number of urea groups is 1. The van der Waals surface area contributed by atoms with Gasteiger partial charge in [-0.25, -0.2) is 9.78 Å². The van der Waals surface area contributed by atoms with Gasteiger partial charge in [0.1, 0.15) is 10.7 Å². The second-order valence-electron chi connectivity index (χ2n) is 6.47. The average molecular weight is 409 g/mol. The standard InChI is InChI=1S/C22H24N4O2S/c1-2-23-22(28)26(14-18-11-7-4-8-12-18)15-20-25-19(16-29-20)21(27)24-13-17-9-5-3-6-10-17/h3-12,16H,2,13-15H2,1H3,(H,23,28)(H,24,27). The maximum atomic E-state index is 12.5. The van der Waals surface area contributed by atoms with Crippen LogP contribution in [0.3, 0.4) is 0 Å². The Balaban J connectivity index is 1.63. The van der Waals surface area contributed by atoms with Crippen molar-refractivity contribution in [1.82, 2.24) is 20.5 Å². The van der Waals surface area contributed by atoms with Crippen LogP contribution in [0.25, 0.3) is 0 Å². The van der Waals surface area contributed by atoms with Crippen LogP contribution < -0.4 is 10.6 Å². The fourth-order valence-electron chi connectivity index (χ4n) is 2.79. The minimum atomic E-state index is -0.219. The zero-order valence-corrected chi connectivity index (χ0v) is 17.1. The molecule has 3 amide bonds. The molecule has 0 bridgehead atoms. The summed E-state index contributed by atoms with van der Waals surface area (Å²) in [4.78, 5) is 31.0. The molecule has 2 N–H and O–H groups in total. The first kappa shape index (κ1) is 20.5. The number of amides is 3. The number of carbonyl (C=O) groups is 2. The van der Waals surface area contributed by atoms with Gasteiger partial charge in [-0.3, -0.25) is 4.79 Å². The summed E-state index contributed by atoms with van der Waals surface area (Å²) in [6.45, 7) is 3.71. The Morgan fingerprint density at radius 2 is 1.59 bits per heavy atom.